The Bertz CT molecular complexity index is 1100. The van der Waals surface area contributed by atoms with Crippen LogP contribution in [0.3, 0.4) is 0 Å². The topological polar surface area (TPSA) is 51.0 Å². The number of nitrogens with zero attached hydrogens (tertiary/aromatic N) is 4. The molecule has 0 radical (unpaired) electrons. The fourth-order valence-electron chi connectivity index (χ4n) is 2.90. The Hall–Kier alpha value is -3.66. The minimum Gasteiger partial charge on any atom is -0.258 e. The van der Waals surface area contributed by atoms with Crippen LogP contribution in [0.1, 0.15) is 11.1 Å². The van der Waals surface area contributed by atoms with Gasteiger partial charge in [-0.3, -0.25) is 19.9 Å². The Balaban J connectivity index is 1.56. The first-order valence-corrected chi connectivity index (χ1v) is 8.74. The lowest BCUT2D eigenvalue weighted by Gasteiger charge is -2.05. The summed E-state index contributed by atoms with van der Waals surface area (Å²) >= 11 is 0. The molecular weight excluding hydrogens is 332 g/mol. The SMILES string of the molecule is C=Cc1ccc2cccnc2c1N=CCc1ccc(-c2ccccn2)nc1. The second-order valence-corrected chi connectivity index (χ2v) is 6.07. The predicted octanol–water partition coefficient (Wildman–Crippen LogP) is 5.28. The van der Waals surface area contributed by atoms with E-state index >= 15 is 0 Å². The van der Waals surface area contributed by atoms with Crippen LogP contribution in [0, 0.1) is 0 Å². The maximum atomic E-state index is 4.68. The zero-order valence-electron chi connectivity index (χ0n) is 14.8. The molecule has 0 saturated heterocycles. The van der Waals surface area contributed by atoms with E-state index in [1.807, 2.05) is 67.0 Å². The predicted molar refractivity (Wildman–Crippen MR) is 111 cm³/mol. The first-order chi connectivity index (χ1) is 13.3. The van der Waals surface area contributed by atoms with Crippen LogP contribution < -0.4 is 0 Å². The number of aliphatic imine (C=N–C) groups is 1. The summed E-state index contributed by atoms with van der Waals surface area (Å²) in [5, 5.41) is 1.07. The van der Waals surface area contributed by atoms with Gasteiger partial charge in [-0.25, -0.2) is 0 Å². The lowest BCUT2D eigenvalue weighted by molar-refractivity contribution is 1.20. The van der Waals surface area contributed by atoms with Crippen molar-refractivity contribution in [3.63, 3.8) is 0 Å². The third-order valence-electron chi connectivity index (χ3n) is 4.30. The van der Waals surface area contributed by atoms with Gasteiger partial charge in [-0.15, -0.1) is 0 Å². The summed E-state index contributed by atoms with van der Waals surface area (Å²) in [6, 6.07) is 17.9. The van der Waals surface area contributed by atoms with E-state index in [-0.39, 0.29) is 0 Å². The summed E-state index contributed by atoms with van der Waals surface area (Å²) in [4.78, 5) is 18.0. The number of pyridine rings is 3. The molecule has 0 aliphatic carbocycles. The molecule has 1 aromatic carbocycles. The fraction of sp³-hybridized carbons (Fsp3) is 0.0435. The van der Waals surface area contributed by atoms with E-state index in [0.717, 1.165) is 39.1 Å². The van der Waals surface area contributed by atoms with Gasteiger partial charge < -0.3 is 0 Å². The van der Waals surface area contributed by atoms with Crippen molar-refractivity contribution in [2.45, 2.75) is 6.42 Å². The molecule has 4 heteroatoms. The lowest BCUT2D eigenvalue weighted by Crippen LogP contribution is -1.91. The molecule has 0 N–H and O–H groups in total. The molecule has 130 valence electrons. The third-order valence-corrected chi connectivity index (χ3v) is 4.30. The quantitative estimate of drug-likeness (QED) is 0.460. The van der Waals surface area contributed by atoms with Crippen LogP contribution in [0.2, 0.25) is 0 Å². The van der Waals surface area contributed by atoms with Gasteiger partial charge in [0, 0.05) is 42.2 Å². The van der Waals surface area contributed by atoms with Crippen LogP contribution in [0.4, 0.5) is 5.69 Å². The Morgan fingerprint density at radius 2 is 1.74 bits per heavy atom. The molecule has 0 amide bonds. The molecule has 4 rings (SSSR count). The zero-order chi connectivity index (χ0) is 18.5. The van der Waals surface area contributed by atoms with Crippen LogP contribution in [-0.4, -0.2) is 21.2 Å². The lowest BCUT2D eigenvalue weighted by atomic mass is 10.1. The van der Waals surface area contributed by atoms with Crippen molar-refractivity contribution < 1.29 is 0 Å². The maximum Gasteiger partial charge on any atom is 0.0964 e. The molecule has 0 aliphatic heterocycles. The van der Waals surface area contributed by atoms with E-state index in [1.165, 1.54) is 0 Å². The molecule has 0 unspecified atom stereocenters. The van der Waals surface area contributed by atoms with Crippen molar-refractivity contribution in [1.29, 1.82) is 0 Å². The van der Waals surface area contributed by atoms with E-state index < -0.39 is 0 Å². The highest BCUT2D eigenvalue weighted by molar-refractivity contribution is 5.94. The highest BCUT2D eigenvalue weighted by atomic mass is 14.8. The highest BCUT2D eigenvalue weighted by Gasteiger charge is 2.05. The van der Waals surface area contributed by atoms with E-state index in [9.17, 15) is 0 Å². The standard InChI is InChI=1S/C23H18N4/c1-2-18-9-10-19-6-5-14-25-23(19)22(18)26-15-12-17-8-11-21(27-16-17)20-7-3-4-13-24-20/h2-11,13-16H,1,12H2. The first-order valence-electron chi connectivity index (χ1n) is 8.74. The van der Waals surface area contributed by atoms with Gasteiger partial charge in [0.1, 0.15) is 0 Å². The molecule has 4 nitrogen and oxygen atoms in total. The molecule has 0 bridgehead atoms. The van der Waals surface area contributed by atoms with E-state index in [2.05, 4.69) is 32.6 Å². The number of fused-ring (bicyclic) bond motifs is 1. The molecule has 4 aromatic rings. The molecule has 0 atom stereocenters. The monoisotopic (exact) mass is 350 g/mol. The van der Waals surface area contributed by atoms with Crippen LogP contribution >= 0.6 is 0 Å². The maximum absolute atomic E-state index is 4.68. The number of aromatic nitrogens is 3. The van der Waals surface area contributed by atoms with Crippen LogP contribution in [0.5, 0.6) is 0 Å². The van der Waals surface area contributed by atoms with Gasteiger partial charge >= 0.3 is 0 Å². The van der Waals surface area contributed by atoms with Gasteiger partial charge in [0.25, 0.3) is 0 Å². The summed E-state index contributed by atoms with van der Waals surface area (Å²) in [5.74, 6) is 0. The van der Waals surface area contributed by atoms with Crippen molar-refractivity contribution in [2.24, 2.45) is 4.99 Å². The Morgan fingerprint density at radius 3 is 2.52 bits per heavy atom. The van der Waals surface area contributed by atoms with Gasteiger partial charge in [-0.2, -0.15) is 0 Å². The molecule has 0 spiro atoms. The van der Waals surface area contributed by atoms with Gasteiger partial charge in [0.2, 0.25) is 0 Å². The number of hydrogen-bond donors (Lipinski definition) is 0. The number of rotatable bonds is 5. The number of hydrogen-bond acceptors (Lipinski definition) is 4. The van der Waals surface area contributed by atoms with Crippen molar-refractivity contribution in [1.82, 2.24) is 15.0 Å². The smallest absolute Gasteiger partial charge is 0.0964 e. The molecule has 3 heterocycles. The normalized spacial score (nSPS) is 11.1. The highest BCUT2D eigenvalue weighted by Crippen LogP contribution is 2.29. The van der Waals surface area contributed by atoms with Crippen molar-refractivity contribution in [3.05, 3.63) is 90.9 Å². The zero-order valence-corrected chi connectivity index (χ0v) is 14.8. The summed E-state index contributed by atoms with van der Waals surface area (Å²) in [6.45, 7) is 3.89. The van der Waals surface area contributed by atoms with E-state index in [0.29, 0.717) is 6.42 Å². The molecular formula is C23H18N4. The van der Waals surface area contributed by atoms with Gasteiger partial charge in [-0.1, -0.05) is 43.0 Å². The van der Waals surface area contributed by atoms with E-state index in [4.69, 9.17) is 0 Å². The van der Waals surface area contributed by atoms with Crippen LogP contribution in [0.15, 0.2) is 84.8 Å². The van der Waals surface area contributed by atoms with Crippen molar-refractivity contribution in [2.75, 3.05) is 0 Å². The van der Waals surface area contributed by atoms with Crippen molar-refractivity contribution in [3.8, 4) is 11.4 Å². The van der Waals surface area contributed by atoms with Gasteiger partial charge in [0.15, 0.2) is 0 Å². The molecule has 3 aromatic heterocycles. The Kier molecular flexibility index (Phi) is 4.79. The second-order valence-electron chi connectivity index (χ2n) is 6.07. The molecule has 0 fully saturated rings. The van der Waals surface area contributed by atoms with E-state index in [1.54, 1.807) is 12.4 Å². The van der Waals surface area contributed by atoms with Gasteiger partial charge in [-0.05, 0) is 29.8 Å². The summed E-state index contributed by atoms with van der Waals surface area (Å²) in [7, 11) is 0. The first kappa shape index (κ1) is 16.8. The number of benzene rings is 1. The van der Waals surface area contributed by atoms with Crippen LogP contribution in [0.25, 0.3) is 28.4 Å². The summed E-state index contributed by atoms with van der Waals surface area (Å²) in [5.41, 5.74) is 5.53. The third kappa shape index (κ3) is 3.65. The minimum absolute atomic E-state index is 0.690. The summed E-state index contributed by atoms with van der Waals surface area (Å²) in [6.07, 6.45) is 9.82. The average molecular weight is 350 g/mol. The van der Waals surface area contributed by atoms with Crippen molar-refractivity contribution >= 4 is 28.9 Å². The van der Waals surface area contributed by atoms with Crippen LogP contribution in [-0.2, 0) is 6.42 Å². The Morgan fingerprint density at radius 1 is 0.852 bits per heavy atom. The second kappa shape index (κ2) is 7.70. The summed E-state index contributed by atoms with van der Waals surface area (Å²) < 4.78 is 0. The largest absolute Gasteiger partial charge is 0.258 e. The molecule has 0 saturated carbocycles. The Labute approximate surface area is 158 Å². The minimum atomic E-state index is 0.690. The molecule has 0 aliphatic rings. The van der Waals surface area contributed by atoms with Gasteiger partial charge in [0.05, 0.1) is 22.6 Å². The average Bonchev–Trinajstić information content (AvgIpc) is 2.75. The molecule has 27 heavy (non-hydrogen) atoms. The fourth-order valence-corrected chi connectivity index (χ4v) is 2.90.